The van der Waals surface area contributed by atoms with E-state index in [4.69, 9.17) is 4.42 Å². The first-order valence-corrected chi connectivity index (χ1v) is 7.34. The molecule has 0 saturated carbocycles. The number of likely N-dealkylation sites (N-methyl/N-ethyl adjacent to an activating group) is 1. The molecule has 1 fully saturated rings. The van der Waals surface area contributed by atoms with Crippen molar-refractivity contribution in [3.8, 4) is 0 Å². The lowest BCUT2D eigenvalue weighted by Crippen LogP contribution is -2.22. The Hall–Kier alpha value is -2.54. The first-order valence-electron chi connectivity index (χ1n) is 6.53. The van der Waals surface area contributed by atoms with Gasteiger partial charge in [0.25, 0.3) is 11.1 Å². The van der Waals surface area contributed by atoms with E-state index < -0.39 is 0 Å². The largest absolute Gasteiger partial charge is 0.435 e. The summed E-state index contributed by atoms with van der Waals surface area (Å²) in [7, 11) is 3.36. The predicted octanol–water partition coefficient (Wildman–Crippen LogP) is 0.964. The molecule has 0 spiro atoms. The summed E-state index contributed by atoms with van der Waals surface area (Å²) < 4.78 is 5.58. The van der Waals surface area contributed by atoms with Gasteiger partial charge in [0.15, 0.2) is 11.2 Å². The molecule has 0 bridgehead atoms. The van der Waals surface area contributed by atoms with Crippen molar-refractivity contribution in [2.75, 3.05) is 19.0 Å². The summed E-state index contributed by atoms with van der Waals surface area (Å²) in [5.74, 6) is 0.475. The first-order chi connectivity index (χ1) is 10.6. The van der Waals surface area contributed by atoms with Crippen LogP contribution in [0.2, 0.25) is 0 Å². The molecule has 1 saturated heterocycles. The minimum atomic E-state index is -0.284. The average Bonchev–Trinajstić information content (AvgIpc) is 3.02. The molecule has 1 aromatic heterocycles. The van der Waals surface area contributed by atoms with Crippen molar-refractivity contribution in [3.63, 3.8) is 0 Å². The molecule has 112 valence electrons. The minimum Gasteiger partial charge on any atom is -0.435 e. The number of carbonyl (C=O) groups is 2. The number of anilines is 1. The number of thioether (sulfide) groups is 1. The number of rotatable bonds is 2. The Bertz CT molecular complexity index is 848. The molecule has 1 aromatic rings. The topological polar surface area (TPSA) is 66.7 Å². The van der Waals surface area contributed by atoms with E-state index in [1.54, 1.807) is 24.3 Å². The van der Waals surface area contributed by atoms with Gasteiger partial charge in [-0.2, -0.15) is 4.98 Å². The average molecular weight is 315 g/mol. The van der Waals surface area contributed by atoms with Crippen LogP contribution >= 0.6 is 11.8 Å². The van der Waals surface area contributed by atoms with Gasteiger partial charge >= 0.3 is 0 Å². The van der Waals surface area contributed by atoms with Gasteiger partial charge in [-0.05, 0) is 30.0 Å². The Morgan fingerprint density at radius 1 is 1.23 bits per heavy atom. The molecule has 0 aliphatic carbocycles. The van der Waals surface area contributed by atoms with Crippen molar-refractivity contribution in [2.24, 2.45) is 0 Å². The van der Waals surface area contributed by atoms with Crippen LogP contribution in [-0.4, -0.2) is 35.1 Å². The molecule has 2 amide bonds. The summed E-state index contributed by atoms with van der Waals surface area (Å²) in [6.45, 7) is 0. The number of hydrogen-bond donors (Lipinski definition) is 0. The van der Waals surface area contributed by atoms with Crippen LogP contribution < -0.4 is 15.9 Å². The SMILES string of the molecule is CN1C(=O)S\C(=C/C=C/C=c2\nc3c(o2)=CC=CN3C)C1=O. The van der Waals surface area contributed by atoms with Crippen molar-refractivity contribution in [2.45, 2.75) is 0 Å². The maximum atomic E-state index is 11.7. The van der Waals surface area contributed by atoms with Crippen molar-refractivity contribution in [1.82, 2.24) is 9.88 Å². The third-order valence-electron chi connectivity index (χ3n) is 3.13. The molecule has 3 rings (SSSR count). The number of fused-ring (bicyclic) bond motifs is 1. The van der Waals surface area contributed by atoms with Crippen molar-refractivity contribution in [3.05, 3.63) is 46.4 Å². The molecule has 6 nitrogen and oxygen atoms in total. The van der Waals surface area contributed by atoms with Crippen LogP contribution in [-0.2, 0) is 4.79 Å². The third-order valence-corrected chi connectivity index (χ3v) is 4.11. The highest BCUT2D eigenvalue weighted by molar-refractivity contribution is 8.18. The summed E-state index contributed by atoms with van der Waals surface area (Å²) in [6, 6.07) is 0. The van der Waals surface area contributed by atoms with Gasteiger partial charge in [0, 0.05) is 26.4 Å². The summed E-state index contributed by atoms with van der Waals surface area (Å²) in [6.07, 6.45) is 12.3. The Morgan fingerprint density at radius 2 is 2.00 bits per heavy atom. The Morgan fingerprint density at radius 3 is 2.68 bits per heavy atom. The van der Waals surface area contributed by atoms with Gasteiger partial charge in [-0.1, -0.05) is 12.2 Å². The zero-order valence-electron chi connectivity index (χ0n) is 12.0. The van der Waals surface area contributed by atoms with Gasteiger partial charge in [0.05, 0.1) is 4.91 Å². The third kappa shape index (κ3) is 2.62. The van der Waals surface area contributed by atoms with Crippen LogP contribution in [0, 0.1) is 0 Å². The van der Waals surface area contributed by atoms with E-state index in [1.165, 1.54) is 7.05 Å². The lowest BCUT2D eigenvalue weighted by molar-refractivity contribution is -0.121. The Kier molecular flexibility index (Phi) is 3.72. The van der Waals surface area contributed by atoms with Crippen molar-refractivity contribution >= 4 is 40.9 Å². The monoisotopic (exact) mass is 315 g/mol. The fourth-order valence-electron chi connectivity index (χ4n) is 1.94. The van der Waals surface area contributed by atoms with E-state index in [0.29, 0.717) is 15.9 Å². The molecule has 22 heavy (non-hydrogen) atoms. The predicted molar refractivity (Wildman–Crippen MR) is 85.2 cm³/mol. The molecule has 0 aromatic carbocycles. The second-order valence-electron chi connectivity index (χ2n) is 4.67. The number of imide groups is 1. The number of nitrogens with zero attached hydrogens (tertiary/aromatic N) is 3. The second-order valence-corrected chi connectivity index (χ2v) is 5.67. The Balaban J connectivity index is 1.78. The zero-order valence-corrected chi connectivity index (χ0v) is 12.8. The van der Waals surface area contributed by atoms with Gasteiger partial charge in [0.1, 0.15) is 0 Å². The number of oxazole rings is 1. The highest BCUT2D eigenvalue weighted by atomic mass is 32.2. The maximum absolute atomic E-state index is 11.7. The molecule has 0 radical (unpaired) electrons. The molecule has 0 atom stereocenters. The van der Waals surface area contributed by atoms with E-state index in [2.05, 4.69) is 4.98 Å². The van der Waals surface area contributed by atoms with Gasteiger partial charge in [0.2, 0.25) is 5.55 Å². The molecule has 3 heterocycles. The van der Waals surface area contributed by atoms with E-state index in [-0.39, 0.29) is 11.1 Å². The first kappa shape index (κ1) is 14.4. The standard InChI is InChI=1S/C15H13N3O3S/c1-17-9-5-6-10-13(17)16-12(21-10)8-4-3-7-11-14(19)18(2)15(20)22-11/h3-9H,1-2H3/b4-3+,11-7-,12-8+. The van der Waals surface area contributed by atoms with Crippen LogP contribution in [0.25, 0.3) is 12.2 Å². The molecular formula is C15H13N3O3S. The number of aromatic nitrogens is 1. The zero-order chi connectivity index (χ0) is 15.7. The fourth-order valence-corrected chi connectivity index (χ4v) is 2.72. The van der Waals surface area contributed by atoms with E-state index >= 15 is 0 Å². The van der Waals surface area contributed by atoms with Gasteiger partial charge in [-0.15, -0.1) is 0 Å². The number of allylic oxidation sites excluding steroid dienone is 4. The summed E-state index contributed by atoms with van der Waals surface area (Å²) in [5, 5.41) is -0.264. The molecule has 0 N–H and O–H groups in total. The highest BCUT2D eigenvalue weighted by Crippen LogP contribution is 2.28. The number of hydrogen-bond acceptors (Lipinski definition) is 6. The van der Waals surface area contributed by atoms with Crippen LogP contribution in [0.1, 0.15) is 0 Å². The van der Waals surface area contributed by atoms with Gasteiger partial charge in [-0.3, -0.25) is 14.5 Å². The van der Waals surface area contributed by atoms with Crippen molar-refractivity contribution < 1.29 is 14.0 Å². The van der Waals surface area contributed by atoms with E-state index in [9.17, 15) is 9.59 Å². The summed E-state index contributed by atoms with van der Waals surface area (Å²) in [4.78, 5) is 30.7. The molecule has 2 aliphatic rings. The lowest BCUT2D eigenvalue weighted by atomic mass is 10.4. The highest BCUT2D eigenvalue weighted by Gasteiger charge is 2.31. The van der Waals surface area contributed by atoms with E-state index in [1.807, 2.05) is 30.3 Å². The fraction of sp³-hybridized carbons (Fsp3) is 0.133. The van der Waals surface area contributed by atoms with Crippen molar-refractivity contribution in [1.29, 1.82) is 0 Å². The molecule has 7 heteroatoms. The molecule has 0 unspecified atom stereocenters. The van der Waals surface area contributed by atoms with Crippen LogP contribution in [0.5, 0.6) is 0 Å². The summed E-state index contributed by atoms with van der Waals surface area (Å²) in [5.41, 5.74) is 1.18. The summed E-state index contributed by atoms with van der Waals surface area (Å²) >= 11 is 0.925. The number of amides is 2. The molecular weight excluding hydrogens is 302 g/mol. The Labute approximate surface area is 130 Å². The smallest absolute Gasteiger partial charge is 0.293 e. The lowest BCUT2D eigenvalue weighted by Gasteiger charge is -2.10. The van der Waals surface area contributed by atoms with Crippen LogP contribution in [0.3, 0.4) is 0 Å². The van der Waals surface area contributed by atoms with Crippen LogP contribution in [0.4, 0.5) is 10.6 Å². The van der Waals surface area contributed by atoms with E-state index in [0.717, 1.165) is 22.5 Å². The molecule has 2 aliphatic heterocycles. The normalized spacial score (nSPS) is 20.5. The minimum absolute atomic E-state index is 0.264. The quantitative estimate of drug-likeness (QED) is 0.758. The van der Waals surface area contributed by atoms with Gasteiger partial charge in [-0.25, -0.2) is 0 Å². The maximum Gasteiger partial charge on any atom is 0.293 e. The van der Waals surface area contributed by atoms with Crippen LogP contribution in [0.15, 0.2) is 39.8 Å². The number of carbonyl (C=O) groups excluding carboxylic acids is 2. The van der Waals surface area contributed by atoms with Gasteiger partial charge < -0.3 is 9.32 Å². The second kappa shape index (κ2) is 5.69.